The van der Waals surface area contributed by atoms with Gasteiger partial charge in [-0.25, -0.2) is 22.8 Å². The van der Waals surface area contributed by atoms with Crippen molar-refractivity contribution in [2.45, 2.75) is 84.0 Å². The molecule has 2 heterocycles. The van der Waals surface area contributed by atoms with Gasteiger partial charge in [0.1, 0.15) is 6.61 Å². The first-order valence-corrected chi connectivity index (χ1v) is 15.1. The second-order valence-corrected chi connectivity index (χ2v) is 10.8. The van der Waals surface area contributed by atoms with Crippen LogP contribution < -0.4 is 29.6 Å². The van der Waals surface area contributed by atoms with E-state index in [9.17, 15) is 9.59 Å². The van der Waals surface area contributed by atoms with Gasteiger partial charge in [0.25, 0.3) is 0 Å². The molecular weight excluding hydrogens is 580 g/mol. The van der Waals surface area contributed by atoms with E-state index in [-0.39, 0.29) is 77.0 Å². The van der Waals surface area contributed by atoms with Crippen LogP contribution in [0, 0.1) is 25.0 Å². The SMILES string of the molecule is OC1CCCO1.[B].[C-]#[N+]CC[C@@H](CO)CC(=C)CC.[C-]#[N+]CC[C@H](CC(=C)CC)C(=O)N1C(=O)OC[C@H]1Cc1ccccc1.[H-].[Na+]. The number of hydrogen-bond acceptors (Lipinski definition) is 6. The molecule has 2 fully saturated rings. The summed E-state index contributed by atoms with van der Waals surface area (Å²) in [6, 6.07) is 9.44. The number of imide groups is 1. The number of nitrogens with zero attached hydrogens (tertiary/aromatic N) is 3. The molecule has 2 aliphatic rings. The molecule has 3 rings (SSSR count). The number of allylic oxidation sites excluding steroid dienone is 2. The predicted molar refractivity (Wildman–Crippen MR) is 175 cm³/mol. The van der Waals surface area contributed by atoms with Crippen molar-refractivity contribution in [2.24, 2.45) is 11.8 Å². The third-order valence-corrected chi connectivity index (χ3v) is 7.38. The Morgan fingerprint density at radius 1 is 1.09 bits per heavy atom. The van der Waals surface area contributed by atoms with E-state index < -0.39 is 18.3 Å². The molecule has 2 aliphatic heterocycles. The first-order chi connectivity index (χ1) is 20.7. The largest absolute Gasteiger partial charge is 1.00 e. The molecule has 0 aromatic heterocycles. The molecule has 9 nitrogen and oxygen atoms in total. The second-order valence-electron chi connectivity index (χ2n) is 10.8. The predicted octanol–water partition coefficient (Wildman–Crippen LogP) is 2.97. The number of rotatable bonds is 14. The smallest absolute Gasteiger partial charge is 1.00 e. The van der Waals surface area contributed by atoms with Crippen LogP contribution in [-0.2, 0) is 20.7 Å². The average Bonchev–Trinajstić information content (AvgIpc) is 3.65. The van der Waals surface area contributed by atoms with Gasteiger partial charge in [0.15, 0.2) is 6.29 Å². The summed E-state index contributed by atoms with van der Waals surface area (Å²) >= 11 is 0. The van der Waals surface area contributed by atoms with E-state index in [2.05, 4.69) is 29.8 Å². The van der Waals surface area contributed by atoms with Crippen molar-refractivity contribution >= 4 is 20.4 Å². The summed E-state index contributed by atoms with van der Waals surface area (Å²) in [5, 5.41) is 17.5. The molecule has 1 unspecified atom stereocenters. The van der Waals surface area contributed by atoms with Crippen molar-refractivity contribution in [1.82, 2.24) is 4.90 Å². The number of aliphatic hydroxyl groups excluding tert-OH is 2. The Labute approximate surface area is 296 Å². The Morgan fingerprint density at radius 2 is 1.69 bits per heavy atom. The molecule has 2 saturated heterocycles. The minimum absolute atomic E-state index is 0. The zero-order valence-electron chi connectivity index (χ0n) is 28.5. The van der Waals surface area contributed by atoms with Crippen molar-refractivity contribution in [3.63, 3.8) is 0 Å². The molecule has 2 amide bonds. The number of cyclic esters (lactones) is 1. The summed E-state index contributed by atoms with van der Waals surface area (Å²) < 4.78 is 9.85. The van der Waals surface area contributed by atoms with Crippen LogP contribution in [0.3, 0.4) is 0 Å². The van der Waals surface area contributed by atoms with Crippen LogP contribution in [0.25, 0.3) is 9.69 Å². The summed E-state index contributed by atoms with van der Waals surface area (Å²) in [4.78, 5) is 33.0. The summed E-state index contributed by atoms with van der Waals surface area (Å²) in [6.45, 7) is 27.4. The van der Waals surface area contributed by atoms with Gasteiger partial charge < -0.3 is 30.8 Å². The van der Waals surface area contributed by atoms with E-state index in [1.165, 1.54) is 10.5 Å². The van der Waals surface area contributed by atoms with Crippen LogP contribution in [0.4, 0.5) is 4.79 Å². The van der Waals surface area contributed by atoms with E-state index in [1.54, 1.807) is 0 Å². The van der Waals surface area contributed by atoms with Gasteiger partial charge in [-0.15, -0.1) is 0 Å². The van der Waals surface area contributed by atoms with Gasteiger partial charge in [-0.05, 0) is 50.0 Å². The standard InChI is InChI=1S/C20H24N2O3.C10H17NO.C4H8O2.B.Na.H/c1-4-15(2)12-17(10-11-21-3)19(23)22-18(14-25-20(22)24)13-16-8-6-5-7-9-16;1-4-9(2)7-10(8-12)5-6-11-3;5-4-2-1-3-6-4;;;/h5-9,17-18H,2,4,10-14H2,1H3;10,12H,2,4-8H2,1H3;4-5H,1-3H2;;;/q;;;;+1;-1/t17-,18-;10-;;;;/m11..../s1. The fraction of sp³-hybridized carbons (Fsp3) is 0.588. The van der Waals surface area contributed by atoms with Crippen molar-refractivity contribution in [1.29, 1.82) is 0 Å². The third-order valence-electron chi connectivity index (χ3n) is 7.38. The molecule has 11 heteroatoms. The Bertz CT molecular complexity index is 1090. The van der Waals surface area contributed by atoms with Crippen molar-refractivity contribution in [3.05, 3.63) is 83.0 Å². The maximum Gasteiger partial charge on any atom is 1.00 e. The number of ether oxygens (including phenoxy) is 2. The Kier molecular flexibility index (Phi) is 26.6. The molecular formula is C34H50BN3NaO6. The summed E-state index contributed by atoms with van der Waals surface area (Å²) in [5.74, 6) is -0.404. The molecule has 1 aromatic rings. The van der Waals surface area contributed by atoms with Crippen LogP contribution in [-0.4, -0.2) is 80.8 Å². The average molecular weight is 631 g/mol. The number of amides is 2. The van der Waals surface area contributed by atoms with Crippen molar-refractivity contribution < 1.29 is 60.3 Å². The molecule has 2 N–H and O–H groups in total. The second kappa shape index (κ2) is 26.8. The molecule has 3 radical (unpaired) electrons. The monoisotopic (exact) mass is 630 g/mol. The van der Waals surface area contributed by atoms with E-state index >= 15 is 0 Å². The van der Waals surface area contributed by atoms with Gasteiger partial charge in [-0.2, -0.15) is 0 Å². The third kappa shape index (κ3) is 18.3. The van der Waals surface area contributed by atoms with Gasteiger partial charge in [0.05, 0.1) is 6.04 Å². The Hall–Kier alpha value is -2.44. The van der Waals surface area contributed by atoms with Gasteiger partial charge in [0, 0.05) is 46.8 Å². The van der Waals surface area contributed by atoms with E-state index in [4.69, 9.17) is 32.8 Å². The number of carbonyl (C=O) groups excluding carboxylic acids is 2. The van der Waals surface area contributed by atoms with Gasteiger partial charge >= 0.3 is 35.7 Å². The van der Waals surface area contributed by atoms with Crippen LogP contribution in [0.15, 0.2) is 54.6 Å². The van der Waals surface area contributed by atoms with Crippen molar-refractivity contribution in [3.8, 4) is 0 Å². The fourth-order valence-electron chi connectivity index (χ4n) is 4.61. The molecule has 4 atom stereocenters. The van der Waals surface area contributed by atoms with E-state index in [1.807, 2.05) is 37.3 Å². The van der Waals surface area contributed by atoms with E-state index in [0.29, 0.717) is 25.8 Å². The summed E-state index contributed by atoms with van der Waals surface area (Å²) in [5.41, 5.74) is 3.17. The quantitative estimate of drug-likeness (QED) is 0.186. The molecule has 241 valence electrons. The van der Waals surface area contributed by atoms with Gasteiger partial charge in [-0.1, -0.05) is 68.5 Å². The topological polar surface area (TPSA) is 105 Å². The minimum atomic E-state index is -0.583. The Morgan fingerprint density at radius 3 is 2.18 bits per heavy atom. The number of aliphatic hydroxyl groups is 2. The minimum Gasteiger partial charge on any atom is -1.00 e. The first kappa shape index (κ1) is 44.7. The van der Waals surface area contributed by atoms with Crippen molar-refractivity contribution in [2.75, 3.05) is 32.9 Å². The molecule has 0 aliphatic carbocycles. The van der Waals surface area contributed by atoms with Crippen LogP contribution in [0.1, 0.15) is 72.2 Å². The number of benzene rings is 1. The zero-order valence-corrected chi connectivity index (χ0v) is 29.5. The molecule has 45 heavy (non-hydrogen) atoms. The molecule has 0 bridgehead atoms. The van der Waals surface area contributed by atoms with Gasteiger partial charge in [-0.3, -0.25) is 4.79 Å². The maximum atomic E-state index is 13.0. The maximum absolute atomic E-state index is 13.0. The molecule has 0 saturated carbocycles. The number of carbonyl (C=O) groups is 2. The Balaban J connectivity index is -0.000000736. The van der Waals surface area contributed by atoms with E-state index in [0.717, 1.165) is 56.3 Å². The van der Waals surface area contributed by atoms with Crippen LogP contribution >= 0.6 is 0 Å². The van der Waals surface area contributed by atoms with Gasteiger partial charge in [0.2, 0.25) is 19.0 Å². The zero-order chi connectivity index (χ0) is 32.0. The summed E-state index contributed by atoms with van der Waals surface area (Å²) in [7, 11) is 0. The molecule has 1 aromatic carbocycles. The fourth-order valence-corrected chi connectivity index (χ4v) is 4.61. The first-order valence-electron chi connectivity index (χ1n) is 15.1. The van der Waals surface area contributed by atoms with Crippen LogP contribution in [0.2, 0.25) is 0 Å². The summed E-state index contributed by atoms with van der Waals surface area (Å²) in [6.07, 6.45) is 5.71. The van der Waals surface area contributed by atoms with Crippen LogP contribution in [0.5, 0.6) is 0 Å². The number of hydrogen-bond donors (Lipinski definition) is 2. The molecule has 0 spiro atoms. The normalized spacial score (nSPS) is 17.6.